The van der Waals surface area contributed by atoms with Gasteiger partial charge in [0.15, 0.2) is 0 Å². The summed E-state index contributed by atoms with van der Waals surface area (Å²) in [4.78, 5) is 7.42. The summed E-state index contributed by atoms with van der Waals surface area (Å²) in [5, 5.41) is 13.9. The highest BCUT2D eigenvalue weighted by Crippen LogP contribution is 2.24. The number of rotatable bonds is 5. The van der Waals surface area contributed by atoms with Crippen molar-refractivity contribution < 1.29 is 9.50 Å². The Balaban J connectivity index is 1.56. The Labute approximate surface area is 140 Å². The maximum Gasteiger partial charge on any atom is 0.146 e. The van der Waals surface area contributed by atoms with Gasteiger partial charge >= 0.3 is 0 Å². The third kappa shape index (κ3) is 4.28. The molecule has 0 bridgehead atoms. The number of hydrogen-bond acceptors (Lipinski definition) is 5. The molecular weight excluding hydrogens is 313 g/mol. The summed E-state index contributed by atoms with van der Waals surface area (Å²) in [7, 11) is 0. The number of anilines is 1. The number of halogens is 1. The van der Waals surface area contributed by atoms with Crippen molar-refractivity contribution in [1.29, 1.82) is 0 Å². The highest BCUT2D eigenvalue weighted by Gasteiger charge is 2.19. The maximum absolute atomic E-state index is 14.3. The van der Waals surface area contributed by atoms with Crippen molar-refractivity contribution in [3.8, 4) is 0 Å². The van der Waals surface area contributed by atoms with E-state index in [9.17, 15) is 9.50 Å². The van der Waals surface area contributed by atoms with Gasteiger partial charge in [-0.3, -0.25) is 0 Å². The first-order chi connectivity index (χ1) is 11.1. The molecule has 1 aliphatic rings. The van der Waals surface area contributed by atoms with E-state index in [1.54, 1.807) is 17.4 Å². The monoisotopic (exact) mass is 335 g/mol. The maximum atomic E-state index is 14.3. The fraction of sp³-hybridized carbons (Fsp3) is 0.471. The van der Waals surface area contributed by atoms with Gasteiger partial charge in [0.2, 0.25) is 0 Å². The first-order valence-electron chi connectivity index (χ1n) is 7.95. The van der Waals surface area contributed by atoms with Crippen LogP contribution in [0.1, 0.15) is 28.3 Å². The normalized spacial score (nSPS) is 16.0. The Bertz CT molecular complexity index is 653. The van der Waals surface area contributed by atoms with Crippen LogP contribution in [0.4, 0.5) is 10.1 Å². The second-order valence-corrected chi connectivity index (χ2v) is 7.27. The first kappa shape index (κ1) is 16.4. The minimum absolute atomic E-state index is 0.186. The molecule has 0 atom stereocenters. The van der Waals surface area contributed by atoms with Crippen LogP contribution in [0.3, 0.4) is 0 Å². The van der Waals surface area contributed by atoms with Gasteiger partial charge in [-0.2, -0.15) is 0 Å². The Hall–Kier alpha value is -1.50. The quantitative estimate of drug-likeness (QED) is 0.882. The number of benzene rings is 1. The van der Waals surface area contributed by atoms with Crippen molar-refractivity contribution in [3.05, 3.63) is 45.7 Å². The molecule has 23 heavy (non-hydrogen) atoms. The van der Waals surface area contributed by atoms with Crippen molar-refractivity contribution in [2.24, 2.45) is 0 Å². The Morgan fingerprint density at radius 2 is 2.13 bits per heavy atom. The van der Waals surface area contributed by atoms with Crippen LogP contribution in [-0.2, 0) is 13.1 Å². The standard InChI is InChI=1S/C17H22FN3OS/c1-12-20-11-15(23-12)10-19-9-13-2-3-17(16(18)8-13)21-6-4-14(22)5-7-21/h2-3,8,11,14,19,22H,4-7,9-10H2,1H3. The van der Waals surface area contributed by atoms with Gasteiger partial charge in [0.25, 0.3) is 0 Å². The van der Waals surface area contributed by atoms with E-state index in [1.807, 2.05) is 30.2 Å². The van der Waals surface area contributed by atoms with Crippen molar-refractivity contribution in [1.82, 2.24) is 10.3 Å². The van der Waals surface area contributed by atoms with Crippen molar-refractivity contribution >= 4 is 17.0 Å². The summed E-state index contributed by atoms with van der Waals surface area (Å²) in [6, 6.07) is 5.42. The number of aliphatic hydroxyl groups excluding tert-OH is 1. The SMILES string of the molecule is Cc1ncc(CNCc2ccc(N3CCC(O)CC3)c(F)c2)s1. The van der Waals surface area contributed by atoms with Crippen LogP contribution < -0.4 is 10.2 Å². The predicted octanol–water partition coefficient (Wildman–Crippen LogP) is 2.84. The van der Waals surface area contributed by atoms with Gasteiger partial charge in [0.05, 0.1) is 16.8 Å². The van der Waals surface area contributed by atoms with E-state index < -0.39 is 0 Å². The lowest BCUT2D eigenvalue weighted by Crippen LogP contribution is -2.36. The van der Waals surface area contributed by atoms with Crippen LogP contribution in [0.5, 0.6) is 0 Å². The topological polar surface area (TPSA) is 48.4 Å². The number of aliphatic hydroxyl groups is 1. The van der Waals surface area contributed by atoms with E-state index in [4.69, 9.17) is 0 Å². The number of aromatic nitrogens is 1. The highest BCUT2D eigenvalue weighted by atomic mass is 32.1. The molecule has 6 heteroatoms. The number of aryl methyl sites for hydroxylation is 1. The lowest BCUT2D eigenvalue weighted by molar-refractivity contribution is 0.145. The largest absolute Gasteiger partial charge is 0.393 e. The Kier molecular flexibility index (Phi) is 5.25. The lowest BCUT2D eigenvalue weighted by atomic mass is 10.1. The van der Waals surface area contributed by atoms with Gasteiger partial charge in [0, 0.05) is 37.3 Å². The Morgan fingerprint density at radius 1 is 1.35 bits per heavy atom. The van der Waals surface area contributed by atoms with Gasteiger partial charge in [-0.15, -0.1) is 11.3 Å². The van der Waals surface area contributed by atoms with Crippen LogP contribution in [0.2, 0.25) is 0 Å². The average Bonchev–Trinajstić information content (AvgIpc) is 2.94. The molecule has 1 aliphatic heterocycles. The zero-order chi connectivity index (χ0) is 16.2. The third-order valence-electron chi connectivity index (χ3n) is 4.11. The highest BCUT2D eigenvalue weighted by molar-refractivity contribution is 7.11. The zero-order valence-corrected chi connectivity index (χ0v) is 14.1. The van der Waals surface area contributed by atoms with E-state index >= 15 is 0 Å². The number of nitrogens with zero attached hydrogens (tertiary/aromatic N) is 2. The van der Waals surface area contributed by atoms with E-state index in [0.29, 0.717) is 38.2 Å². The van der Waals surface area contributed by atoms with Crippen molar-refractivity contribution in [3.63, 3.8) is 0 Å². The summed E-state index contributed by atoms with van der Waals surface area (Å²) >= 11 is 1.67. The minimum atomic E-state index is -0.242. The van der Waals surface area contributed by atoms with Crippen LogP contribution in [-0.4, -0.2) is 29.3 Å². The van der Waals surface area contributed by atoms with Crippen LogP contribution in [0.25, 0.3) is 0 Å². The molecule has 1 saturated heterocycles. The van der Waals surface area contributed by atoms with Crippen molar-refractivity contribution in [2.75, 3.05) is 18.0 Å². The molecule has 1 fully saturated rings. The van der Waals surface area contributed by atoms with E-state index in [1.165, 1.54) is 4.88 Å². The molecule has 0 spiro atoms. The van der Waals surface area contributed by atoms with Gasteiger partial charge in [0.1, 0.15) is 5.82 Å². The van der Waals surface area contributed by atoms with Crippen LogP contribution >= 0.6 is 11.3 Å². The van der Waals surface area contributed by atoms with Gasteiger partial charge < -0.3 is 15.3 Å². The van der Waals surface area contributed by atoms with E-state index in [2.05, 4.69) is 10.3 Å². The van der Waals surface area contributed by atoms with Crippen LogP contribution in [0, 0.1) is 12.7 Å². The molecule has 2 N–H and O–H groups in total. The number of nitrogens with one attached hydrogen (secondary N) is 1. The summed E-state index contributed by atoms with van der Waals surface area (Å²) in [5.41, 5.74) is 1.57. The Morgan fingerprint density at radius 3 is 2.78 bits per heavy atom. The smallest absolute Gasteiger partial charge is 0.146 e. The molecule has 2 aromatic rings. The van der Waals surface area contributed by atoms with Crippen molar-refractivity contribution in [2.45, 2.75) is 39.0 Å². The molecule has 2 heterocycles. The summed E-state index contributed by atoms with van der Waals surface area (Å²) < 4.78 is 14.3. The fourth-order valence-corrected chi connectivity index (χ4v) is 3.61. The molecule has 0 saturated carbocycles. The molecule has 1 aromatic heterocycles. The zero-order valence-electron chi connectivity index (χ0n) is 13.3. The second kappa shape index (κ2) is 7.38. The second-order valence-electron chi connectivity index (χ2n) is 5.95. The molecule has 3 rings (SSSR count). The number of hydrogen-bond donors (Lipinski definition) is 2. The summed E-state index contributed by atoms with van der Waals surface area (Å²) in [5.74, 6) is -0.186. The van der Waals surface area contributed by atoms with Gasteiger partial charge in [-0.05, 0) is 37.5 Å². The lowest BCUT2D eigenvalue weighted by Gasteiger charge is -2.31. The van der Waals surface area contributed by atoms with E-state index in [0.717, 1.165) is 17.1 Å². The molecule has 0 aliphatic carbocycles. The molecule has 0 unspecified atom stereocenters. The number of piperidine rings is 1. The van der Waals surface area contributed by atoms with E-state index in [-0.39, 0.29) is 11.9 Å². The third-order valence-corrected chi connectivity index (χ3v) is 5.03. The molecule has 124 valence electrons. The molecular formula is C17H22FN3OS. The fourth-order valence-electron chi connectivity index (χ4n) is 2.84. The molecule has 0 amide bonds. The molecule has 0 radical (unpaired) electrons. The summed E-state index contributed by atoms with van der Waals surface area (Å²) in [6.07, 6.45) is 3.04. The van der Waals surface area contributed by atoms with Gasteiger partial charge in [-0.25, -0.2) is 9.37 Å². The predicted molar refractivity (Wildman–Crippen MR) is 91.2 cm³/mol. The molecule has 1 aromatic carbocycles. The number of thiazole rings is 1. The summed E-state index contributed by atoms with van der Waals surface area (Å²) in [6.45, 7) is 4.79. The molecule has 4 nitrogen and oxygen atoms in total. The van der Waals surface area contributed by atoms with Gasteiger partial charge in [-0.1, -0.05) is 6.07 Å². The van der Waals surface area contributed by atoms with Crippen LogP contribution in [0.15, 0.2) is 24.4 Å². The first-order valence-corrected chi connectivity index (χ1v) is 8.77. The average molecular weight is 335 g/mol. The minimum Gasteiger partial charge on any atom is -0.393 e.